The normalized spacial score (nSPS) is 55.4. The highest BCUT2D eigenvalue weighted by Crippen LogP contribution is 2.62. The van der Waals surface area contributed by atoms with Crippen molar-refractivity contribution in [2.24, 2.45) is 23.7 Å². The monoisotopic (exact) mass is 548 g/mol. The molecule has 6 aliphatic rings. The summed E-state index contributed by atoms with van der Waals surface area (Å²) in [6.45, 7) is 1.44. The molecular weight excluding hydrogens is 532 g/mol. The zero-order valence-corrected chi connectivity index (χ0v) is 18.0. The van der Waals surface area contributed by atoms with Gasteiger partial charge in [0.1, 0.15) is 0 Å². The van der Waals surface area contributed by atoms with Crippen LogP contribution in [0.15, 0.2) is 0 Å². The van der Waals surface area contributed by atoms with Gasteiger partial charge in [-0.1, -0.05) is 63.7 Å². The molecule has 6 fully saturated rings. The Hall–Kier alpha value is 1.84. The average Bonchev–Trinajstić information content (AvgIpc) is 2.89. The van der Waals surface area contributed by atoms with Crippen LogP contribution in [-0.4, -0.2) is 38.3 Å². The Morgan fingerprint density at radius 1 is 0.619 bits per heavy atom. The van der Waals surface area contributed by atoms with Crippen LogP contribution in [-0.2, 0) is 9.47 Å². The van der Waals surface area contributed by atoms with Gasteiger partial charge in [0, 0.05) is 9.65 Å². The van der Waals surface area contributed by atoms with E-state index in [0.717, 1.165) is 36.9 Å². The molecule has 21 heavy (non-hydrogen) atoms. The first-order valence-corrected chi connectivity index (χ1v) is 11.5. The van der Waals surface area contributed by atoms with E-state index in [1.807, 2.05) is 0 Å². The Kier molecular flexibility index (Phi) is 4.64. The number of fused-ring (bicyclic) bond motifs is 5. The van der Waals surface area contributed by atoms with Crippen molar-refractivity contribution < 1.29 is 9.47 Å². The summed E-state index contributed by atoms with van der Waals surface area (Å²) in [6.07, 6.45) is 4.95. The van der Waals surface area contributed by atoms with E-state index in [0.29, 0.717) is 9.65 Å². The lowest BCUT2D eigenvalue weighted by molar-refractivity contribution is -0.183. The molecule has 0 N–H and O–H groups in total. The molecule has 0 radical (unpaired) electrons. The molecule has 5 aliphatic carbocycles. The Morgan fingerprint density at radius 3 is 1.43 bits per heavy atom. The second-order valence-electron chi connectivity index (χ2n) is 6.98. The van der Waals surface area contributed by atoms with E-state index < -0.39 is 5.79 Å². The van der Waals surface area contributed by atoms with Crippen LogP contribution in [0.5, 0.6) is 0 Å². The Balaban J connectivity index is 1.61. The van der Waals surface area contributed by atoms with Gasteiger partial charge in [0.15, 0.2) is 5.79 Å². The van der Waals surface area contributed by atoms with E-state index in [-0.39, 0.29) is 9.65 Å². The molecule has 0 aromatic heterocycles. The zero-order chi connectivity index (χ0) is 14.8. The molecule has 5 saturated carbocycles. The number of alkyl halides is 4. The summed E-state index contributed by atoms with van der Waals surface area (Å²) in [5, 5.41) is 0. The Morgan fingerprint density at radius 2 is 1.00 bits per heavy atom. The van der Waals surface area contributed by atoms with E-state index in [2.05, 4.69) is 63.7 Å². The van der Waals surface area contributed by atoms with Gasteiger partial charge in [-0.25, -0.2) is 0 Å². The molecule has 2 nitrogen and oxygen atoms in total. The largest absolute Gasteiger partial charge is 0.345 e. The molecule has 6 heteroatoms. The van der Waals surface area contributed by atoms with Crippen LogP contribution in [0.3, 0.4) is 0 Å². The van der Waals surface area contributed by atoms with Crippen molar-refractivity contribution in [3.8, 4) is 0 Å². The fraction of sp³-hybridized carbons (Fsp3) is 1.00. The van der Waals surface area contributed by atoms with Crippen LogP contribution in [0.1, 0.15) is 25.7 Å². The second kappa shape index (κ2) is 5.98. The van der Waals surface area contributed by atoms with Gasteiger partial charge in [0.05, 0.1) is 22.9 Å². The number of ether oxygens (including phenoxy) is 2. The van der Waals surface area contributed by atoms with Crippen LogP contribution in [0.2, 0.25) is 0 Å². The van der Waals surface area contributed by atoms with Gasteiger partial charge < -0.3 is 9.47 Å². The molecule has 0 aromatic carbocycles. The zero-order valence-electron chi connectivity index (χ0n) is 11.7. The van der Waals surface area contributed by atoms with Gasteiger partial charge in [-0.2, -0.15) is 0 Å². The highest BCUT2D eigenvalue weighted by molar-refractivity contribution is 9.12. The van der Waals surface area contributed by atoms with Crippen molar-refractivity contribution in [3.05, 3.63) is 0 Å². The molecule has 4 bridgehead atoms. The third-order valence-electron chi connectivity index (χ3n) is 6.16. The maximum Gasteiger partial charge on any atom is 0.193 e. The van der Waals surface area contributed by atoms with Crippen LogP contribution in [0, 0.1) is 23.7 Å². The van der Waals surface area contributed by atoms with Gasteiger partial charge in [-0.3, -0.25) is 0 Å². The van der Waals surface area contributed by atoms with Gasteiger partial charge in [0.25, 0.3) is 0 Å². The van der Waals surface area contributed by atoms with Crippen molar-refractivity contribution in [3.63, 3.8) is 0 Å². The molecule has 8 atom stereocenters. The lowest BCUT2D eigenvalue weighted by atomic mass is 9.52. The highest BCUT2D eigenvalue weighted by atomic mass is 79.9. The first-order chi connectivity index (χ1) is 10.0. The SMILES string of the molecule is Br[C@@H]1CC2C3C[C@@H](Br)C4(OCCO4)[C@@H](Br)CC2C3C[C@@H]1Br. The van der Waals surface area contributed by atoms with Gasteiger partial charge in [-0.05, 0) is 49.4 Å². The maximum absolute atomic E-state index is 6.07. The molecule has 1 saturated heterocycles. The van der Waals surface area contributed by atoms with E-state index in [4.69, 9.17) is 9.47 Å². The highest BCUT2D eigenvalue weighted by Gasteiger charge is 2.61. The lowest BCUT2D eigenvalue weighted by Gasteiger charge is -2.57. The number of halogens is 4. The van der Waals surface area contributed by atoms with Crippen molar-refractivity contribution >= 4 is 63.7 Å². The van der Waals surface area contributed by atoms with E-state index in [9.17, 15) is 0 Å². The Bertz CT molecular complexity index is 374. The molecular formula is C15H20Br4O2. The predicted octanol–water partition coefficient (Wildman–Crippen LogP) is 4.85. The summed E-state index contributed by atoms with van der Waals surface area (Å²) < 4.78 is 12.1. The van der Waals surface area contributed by atoms with Crippen LogP contribution >= 0.6 is 63.7 Å². The third kappa shape index (κ3) is 2.48. The lowest BCUT2D eigenvalue weighted by Crippen LogP contribution is -2.58. The number of hydrogen-bond donors (Lipinski definition) is 0. The fourth-order valence-corrected chi connectivity index (χ4v) is 8.83. The van der Waals surface area contributed by atoms with Crippen LogP contribution in [0.4, 0.5) is 0 Å². The number of rotatable bonds is 0. The average molecular weight is 552 g/mol. The maximum atomic E-state index is 6.07. The van der Waals surface area contributed by atoms with Crippen molar-refractivity contribution in [1.82, 2.24) is 0 Å². The standard InChI is InChI=1S/C15H20Br4O2/c16-11-3-7-9-5-13(18)15(20-1-2-21-15)14(19)6-10(7)8(9)4-12(11)17/h7-14H,1-6H2/t7?,8?,9?,10?,11-,12+,13-,14+. The summed E-state index contributed by atoms with van der Waals surface area (Å²) >= 11 is 15.6. The van der Waals surface area contributed by atoms with Crippen LogP contribution < -0.4 is 0 Å². The first-order valence-electron chi connectivity index (χ1n) is 7.87. The summed E-state index contributed by atoms with van der Waals surface area (Å²) in [4.78, 5) is 1.81. The van der Waals surface area contributed by atoms with Gasteiger partial charge >= 0.3 is 0 Å². The van der Waals surface area contributed by atoms with Gasteiger partial charge in [-0.15, -0.1) is 0 Å². The molecule has 120 valence electrons. The minimum Gasteiger partial charge on any atom is -0.345 e. The van der Waals surface area contributed by atoms with E-state index >= 15 is 0 Å². The summed E-state index contributed by atoms with van der Waals surface area (Å²) in [5.74, 6) is 2.93. The van der Waals surface area contributed by atoms with E-state index in [1.165, 1.54) is 25.7 Å². The molecule has 1 spiro atoms. The third-order valence-corrected chi connectivity index (χ3v) is 10.9. The molecule has 0 aromatic rings. The quantitative estimate of drug-likeness (QED) is 0.401. The van der Waals surface area contributed by atoms with Crippen molar-refractivity contribution in [2.75, 3.05) is 13.2 Å². The second-order valence-corrected chi connectivity index (χ2v) is 11.5. The number of hydrogen-bond acceptors (Lipinski definition) is 2. The van der Waals surface area contributed by atoms with Gasteiger partial charge in [0.2, 0.25) is 0 Å². The molecule has 4 unspecified atom stereocenters. The van der Waals surface area contributed by atoms with Crippen LogP contribution in [0.25, 0.3) is 0 Å². The summed E-state index contributed by atoms with van der Waals surface area (Å²) in [7, 11) is 0. The van der Waals surface area contributed by atoms with E-state index in [1.54, 1.807) is 0 Å². The Labute approximate surface area is 160 Å². The molecule has 1 heterocycles. The van der Waals surface area contributed by atoms with Crippen molar-refractivity contribution in [2.45, 2.75) is 50.8 Å². The smallest absolute Gasteiger partial charge is 0.193 e. The fourth-order valence-electron chi connectivity index (χ4n) is 5.15. The minimum atomic E-state index is -0.442. The molecule has 1 aliphatic heterocycles. The molecule has 6 rings (SSSR count). The van der Waals surface area contributed by atoms with Crippen molar-refractivity contribution in [1.29, 1.82) is 0 Å². The summed E-state index contributed by atoms with van der Waals surface area (Å²) in [6, 6.07) is 0. The summed E-state index contributed by atoms with van der Waals surface area (Å²) in [5.41, 5.74) is 0. The molecule has 0 amide bonds. The first kappa shape index (κ1) is 16.3. The topological polar surface area (TPSA) is 18.5 Å². The minimum absolute atomic E-state index is 0.286. The predicted molar refractivity (Wildman–Crippen MR) is 97.9 cm³/mol.